The summed E-state index contributed by atoms with van der Waals surface area (Å²) in [7, 11) is 1.55. The molecule has 0 unspecified atom stereocenters. The minimum Gasteiger partial charge on any atom is -0.383 e. The molecule has 2 amide bonds. The van der Waals surface area contributed by atoms with Crippen LogP contribution in [0.1, 0.15) is 46.5 Å². The first-order chi connectivity index (χ1) is 18.4. The molecule has 0 atom stereocenters. The van der Waals surface area contributed by atoms with Crippen molar-refractivity contribution in [2.45, 2.75) is 38.3 Å². The molecule has 11 heteroatoms. The molecule has 0 spiro atoms. The van der Waals surface area contributed by atoms with Crippen LogP contribution < -0.4 is 22.1 Å². The van der Waals surface area contributed by atoms with Gasteiger partial charge >= 0.3 is 5.69 Å². The highest BCUT2D eigenvalue weighted by molar-refractivity contribution is 6.31. The fraction of sp³-hybridized carbons (Fsp3) is 0.296. The Hall–Kier alpha value is -4.18. The van der Waals surface area contributed by atoms with Gasteiger partial charge in [-0.15, -0.1) is 0 Å². The second-order valence-electron chi connectivity index (χ2n) is 9.48. The van der Waals surface area contributed by atoms with Crippen molar-refractivity contribution in [3.63, 3.8) is 0 Å². The van der Waals surface area contributed by atoms with Crippen LogP contribution in [0, 0.1) is 5.92 Å². The first-order valence-electron chi connectivity index (χ1n) is 12.5. The predicted molar refractivity (Wildman–Crippen MR) is 146 cm³/mol. The van der Waals surface area contributed by atoms with E-state index in [1.807, 2.05) is 28.8 Å². The van der Waals surface area contributed by atoms with Crippen LogP contribution in [-0.4, -0.2) is 44.0 Å². The maximum atomic E-state index is 13.6. The predicted octanol–water partition coefficient (Wildman–Crippen LogP) is 3.17. The van der Waals surface area contributed by atoms with E-state index < -0.39 is 0 Å². The number of para-hydroxylation sites is 2. The highest BCUT2D eigenvalue weighted by Gasteiger charge is 2.26. The zero-order valence-electron chi connectivity index (χ0n) is 20.9. The number of nitrogens with zero attached hydrogens (tertiary/aromatic N) is 4. The van der Waals surface area contributed by atoms with Gasteiger partial charge in [0.25, 0.3) is 11.8 Å². The normalized spacial score (nSPS) is 17.3. The molecule has 0 saturated heterocycles. The summed E-state index contributed by atoms with van der Waals surface area (Å²) in [5, 5.41) is 5.95. The van der Waals surface area contributed by atoms with Gasteiger partial charge in [-0.1, -0.05) is 23.7 Å². The number of pyridine rings is 2. The summed E-state index contributed by atoms with van der Waals surface area (Å²) in [5.41, 5.74) is 8.47. The fourth-order valence-electron chi connectivity index (χ4n) is 5.06. The van der Waals surface area contributed by atoms with Gasteiger partial charge in [-0.25, -0.2) is 14.8 Å². The number of fused-ring (bicyclic) bond motifs is 1. The van der Waals surface area contributed by atoms with E-state index in [0.29, 0.717) is 17.3 Å². The van der Waals surface area contributed by atoms with E-state index in [-0.39, 0.29) is 46.5 Å². The third-order valence-electron chi connectivity index (χ3n) is 7.05. The largest absolute Gasteiger partial charge is 0.383 e. The van der Waals surface area contributed by atoms with Gasteiger partial charge in [0.2, 0.25) is 0 Å². The number of nitrogens with two attached hydrogens (primary N) is 1. The van der Waals surface area contributed by atoms with E-state index in [4.69, 9.17) is 17.3 Å². The number of imidazole rings is 1. The second-order valence-corrected chi connectivity index (χ2v) is 9.91. The number of amides is 2. The van der Waals surface area contributed by atoms with Gasteiger partial charge in [0.1, 0.15) is 11.5 Å². The molecule has 5 rings (SSSR count). The molecule has 1 saturated carbocycles. The number of nitrogens with one attached hydrogen (secondary N) is 2. The topological polar surface area (TPSA) is 137 Å². The molecular formula is C27H28ClN7O3. The number of hydrogen-bond donors (Lipinski definition) is 3. The number of anilines is 1. The molecule has 3 aromatic heterocycles. The Balaban J connectivity index is 1.31. The van der Waals surface area contributed by atoms with E-state index in [0.717, 1.165) is 36.7 Å². The number of rotatable bonds is 6. The Morgan fingerprint density at radius 2 is 1.76 bits per heavy atom. The minimum atomic E-state index is -0.286. The zero-order valence-corrected chi connectivity index (χ0v) is 21.6. The van der Waals surface area contributed by atoms with Crippen LogP contribution in [0.15, 0.2) is 59.7 Å². The van der Waals surface area contributed by atoms with Crippen molar-refractivity contribution >= 4 is 40.3 Å². The Kier molecular flexibility index (Phi) is 7.15. The molecule has 1 fully saturated rings. The van der Waals surface area contributed by atoms with Crippen LogP contribution in [0.25, 0.3) is 16.7 Å². The molecule has 1 aliphatic carbocycles. The number of halogens is 1. The number of carbonyl (C=O) groups excluding carboxylic acids is 2. The van der Waals surface area contributed by atoms with Crippen LogP contribution in [-0.2, 0) is 6.54 Å². The smallest absolute Gasteiger partial charge is 0.333 e. The van der Waals surface area contributed by atoms with Crippen LogP contribution >= 0.6 is 11.6 Å². The van der Waals surface area contributed by atoms with Crippen LogP contribution in [0.5, 0.6) is 0 Å². The first-order valence-corrected chi connectivity index (χ1v) is 12.8. The summed E-state index contributed by atoms with van der Waals surface area (Å²) in [6.07, 6.45) is 6.27. The summed E-state index contributed by atoms with van der Waals surface area (Å²) in [4.78, 5) is 46.3. The van der Waals surface area contributed by atoms with Crippen molar-refractivity contribution in [2.75, 3.05) is 12.8 Å². The van der Waals surface area contributed by atoms with Gasteiger partial charge in [0.05, 0.1) is 33.5 Å². The zero-order chi connectivity index (χ0) is 26.8. The SMILES string of the molecule is CNC(=O)c1ccc(-n2c(=O)n(CC3CCC(NC(=O)c4cc(Cl)cnc4N)CC3)c3ccccc32)cn1. The van der Waals surface area contributed by atoms with Crippen molar-refractivity contribution in [1.82, 2.24) is 29.7 Å². The summed E-state index contributed by atoms with van der Waals surface area (Å²) in [6.45, 7) is 0.571. The maximum Gasteiger partial charge on any atom is 0.333 e. The summed E-state index contributed by atoms with van der Waals surface area (Å²) in [6, 6.07) is 12.5. The monoisotopic (exact) mass is 533 g/mol. The molecule has 0 radical (unpaired) electrons. The number of hydrogen-bond acceptors (Lipinski definition) is 6. The first kappa shape index (κ1) is 25.5. The molecule has 196 valence electrons. The van der Waals surface area contributed by atoms with Gasteiger partial charge in [0.15, 0.2) is 0 Å². The third-order valence-corrected chi connectivity index (χ3v) is 7.26. The van der Waals surface area contributed by atoms with Crippen LogP contribution in [0.2, 0.25) is 5.02 Å². The van der Waals surface area contributed by atoms with Crippen molar-refractivity contribution in [2.24, 2.45) is 5.92 Å². The van der Waals surface area contributed by atoms with Crippen molar-refractivity contribution < 1.29 is 9.59 Å². The van der Waals surface area contributed by atoms with Crippen molar-refractivity contribution in [3.05, 3.63) is 81.6 Å². The molecule has 10 nitrogen and oxygen atoms in total. The lowest BCUT2D eigenvalue weighted by Crippen LogP contribution is -2.39. The van der Waals surface area contributed by atoms with E-state index in [2.05, 4.69) is 20.6 Å². The standard InChI is InChI=1S/C27H28ClN7O3/c1-30-26(37)21-11-10-19(14-31-21)35-23-5-3-2-4-22(23)34(27(35)38)15-16-6-8-18(9-7-16)33-25(36)20-12-17(28)13-32-24(20)29/h2-5,10-14,16,18H,6-9,15H2,1H3,(H2,29,32)(H,30,37)(H,33,36). The van der Waals surface area contributed by atoms with Gasteiger partial charge in [0, 0.05) is 25.8 Å². The molecule has 1 aliphatic rings. The molecule has 0 bridgehead atoms. The highest BCUT2D eigenvalue weighted by atomic mass is 35.5. The second kappa shape index (κ2) is 10.7. The molecular weight excluding hydrogens is 506 g/mol. The minimum absolute atomic E-state index is 0.0140. The number of carbonyl (C=O) groups is 2. The molecule has 38 heavy (non-hydrogen) atoms. The molecule has 4 aromatic rings. The molecule has 4 N–H and O–H groups in total. The van der Waals surface area contributed by atoms with Crippen molar-refractivity contribution in [3.8, 4) is 5.69 Å². The number of aromatic nitrogens is 4. The third kappa shape index (κ3) is 4.99. The molecule has 1 aromatic carbocycles. The van der Waals surface area contributed by atoms with E-state index in [1.165, 1.54) is 12.3 Å². The van der Waals surface area contributed by atoms with Gasteiger partial charge in [-0.2, -0.15) is 0 Å². The lowest BCUT2D eigenvalue weighted by Gasteiger charge is -2.29. The summed E-state index contributed by atoms with van der Waals surface area (Å²) in [5.74, 6) is -0.135. The Bertz CT molecular complexity index is 1550. The van der Waals surface area contributed by atoms with E-state index in [9.17, 15) is 14.4 Å². The van der Waals surface area contributed by atoms with Crippen LogP contribution in [0.4, 0.5) is 5.82 Å². The molecule has 3 heterocycles. The molecule has 0 aliphatic heterocycles. The Morgan fingerprint density at radius 1 is 1.03 bits per heavy atom. The lowest BCUT2D eigenvalue weighted by molar-refractivity contribution is 0.0919. The maximum absolute atomic E-state index is 13.6. The Morgan fingerprint density at radius 3 is 2.45 bits per heavy atom. The fourth-order valence-corrected chi connectivity index (χ4v) is 5.22. The number of nitrogen functional groups attached to an aromatic ring is 1. The highest BCUT2D eigenvalue weighted by Crippen LogP contribution is 2.28. The van der Waals surface area contributed by atoms with E-state index in [1.54, 1.807) is 29.9 Å². The average molecular weight is 534 g/mol. The number of benzene rings is 1. The summed E-state index contributed by atoms with van der Waals surface area (Å²) < 4.78 is 3.44. The van der Waals surface area contributed by atoms with Crippen molar-refractivity contribution in [1.29, 1.82) is 0 Å². The van der Waals surface area contributed by atoms with Gasteiger partial charge in [-0.3, -0.25) is 18.7 Å². The van der Waals surface area contributed by atoms with Gasteiger partial charge in [-0.05, 0) is 61.9 Å². The average Bonchev–Trinajstić information content (AvgIpc) is 3.21. The van der Waals surface area contributed by atoms with Crippen LogP contribution in [0.3, 0.4) is 0 Å². The van der Waals surface area contributed by atoms with E-state index >= 15 is 0 Å². The summed E-state index contributed by atoms with van der Waals surface area (Å²) >= 11 is 5.97. The Labute approximate surface area is 223 Å². The lowest BCUT2D eigenvalue weighted by atomic mass is 9.85. The quantitative estimate of drug-likeness (QED) is 0.348. The van der Waals surface area contributed by atoms with Gasteiger partial charge < -0.3 is 16.4 Å².